The van der Waals surface area contributed by atoms with Crippen LogP contribution < -0.4 is 5.32 Å². The first-order valence-electron chi connectivity index (χ1n) is 7.64. The monoisotopic (exact) mass is 305 g/mol. The van der Waals surface area contributed by atoms with Crippen molar-refractivity contribution in [3.8, 4) is 0 Å². The highest BCUT2D eigenvalue weighted by molar-refractivity contribution is 6.31. The number of rotatable bonds is 7. The smallest absolute Gasteiger partial charge is 0.0624 e. The van der Waals surface area contributed by atoms with Crippen molar-refractivity contribution >= 4 is 11.6 Å². The summed E-state index contributed by atoms with van der Waals surface area (Å²) in [5, 5.41) is 8.87. The van der Waals surface area contributed by atoms with Gasteiger partial charge in [0.1, 0.15) is 0 Å². The summed E-state index contributed by atoms with van der Waals surface area (Å²) < 4.78 is 2.11. The Kier molecular flexibility index (Phi) is 5.83. The Balaban J connectivity index is 2.12. The van der Waals surface area contributed by atoms with E-state index in [1.54, 1.807) is 0 Å². The van der Waals surface area contributed by atoms with Crippen LogP contribution >= 0.6 is 11.6 Å². The third-order valence-electron chi connectivity index (χ3n) is 3.86. The summed E-state index contributed by atoms with van der Waals surface area (Å²) in [6.07, 6.45) is 2.86. The minimum Gasteiger partial charge on any atom is -0.316 e. The highest BCUT2D eigenvalue weighted by atomic mass is 35.5. The maximum atomic E-state index is 6.27. The van der Waals surface area contributed by atoms with E-state index >= 15 is 0 Å². The van der Waals surface area contributed by atoms with Gasteiger partial charge in [0.15, 0.2) is 0 Å². The number of likely N-dealkylation sites (N-methyl/N-ethyl adjacent to an activating group) is 1. The zero-order valence-corrected chi connectivity index (χ0v) is 13.8. The molecule has 1 unspecified atom stereocenters. The molecule has 1 N–H and O–H groups in total. The average molecular weight is 306 g/mol. The number of aromatic nitrogens is 2. The molecule has 1 atom stereocenters. The van der Waals surface area contributed by atoms with E-state index in [0.29, 0.717) is 6.04 Å². The molecule has 21 heavy (non-hydrogen) atoms. The number of halogens is 1. The average Bonchev–Trinajstić information content (AvgIpc) is 2.90. The molecule has 0 saturated carbocycles. The van der Waals surface area contributed by atoms with Gasteiger partial charge in [0.2, 0.25) is 0 Å². The summed E-state index contributed by atoms with van der Waals surface area (Å²) in [7, 11) is 2.01. The molecule has 114 valence electrons. The van der Waals surface area contributed by atoms with E-state index in [-0.39, 0.29) is 0 Å². The van der Waals surface area contributed by atoms with Crippen molar-refractivity contribution in [2.24, 2.45) is 0 Å². The molecular formula is C17H24ClN3. The fraction of sp³-hybridized carbons (Fsp3) is 0.471. The van der Waals surface area contributed by atoms with Crippen LogP contribution in [-0.4, -0.2) is 22.9 Å². The molecule has 3 nitrogen and oxygen atoms in total. The first kappa shape index (κ1) is 16.1. The lowest BCUT2D eigenvalue weighted by Gasteiger charge is -2.17. The van der Waals surface area contributed by atoms with Crippen molar-refractivity contribution in [3.63, 3.8) is 0 Å². The van der Waals surface area contributed by atoms with E-state index in [2.05, 4.69) is 41.1 Å². The highest BCUT2D eigenvalue weighted by Crippen LogP contribution is 2.18. The van der Waals surface area contributed by atoms with Gasteiger partial charge in [-0.15, -0.1) is 0 Å². The molecule has 0 fully saturated rings. The van der Waals surface area contributed by atoms with Gasteiger partial charge in [-0.25, -0.2) is 0 Å². The van der Waals surface area contributed by atoms with E-state index in [0.717, 1.165) is 30.8 Å². The highest BCUT2D eigenvalue weighted by Gasteiger charge is 2.14. The number of nitrogens with zero attached hydrogens (tertiary/aromatic N) is 2. The van der Waals surface area contributed by atoms with Gasteiger partial charge in [0, 0.05) is 29.7 Å². The van der Waals surface area contributed by atoms with Crippen LogP contribution in [-0.2, 0) is 25.8 Å². The number of hydrogen-bond acceptors (Lipinski definition) is 2. The first-order chi connectivity index (χ1) is 10.2. The third-order valence-corrected chi connectivity index (χ3v) is 4.23. The Bertz CT molecular complexity index is 577. The van der Waals surface area contributed by atoms with E-state index in [1.807, 2.05) is 25.2 Å². The summed E-state index contributed by atoms with van der Waals surface area (Å²) in [6.45, 7) is 5.20. The summed E-state index contributed by atoms with van der Waals surface area (Å²) in [6, 6.07) is 10.6. The van der Waals surface area contributed by atoms with Gasteiger partial charge in [-0.2, -0.15) is 5.10 Å². The van der Waals surface area contributed by atoms with Crippen molar-refractivity contribution in [2.45, 2.75) is 45.7 Å². The van der Waals surface area contributed by atoms with Crippen LogP contribution in [0.4, 0.5) is 0 Å². The van der Waals surface area contributed by atoms with Crippen LogP contribution in [0.15, 0.2) is 30.3 Å². The second kappa shape index (κ2) is 7.62. The maximum Gasteiger partial charge on any atom is 0.0624 e. The van der Waals surface area contributed by atoms with Gasteiger partial charge >= 0.3 is 0 Å². The number of hydrogen-bond donors (Lipinski definition) is 1. The molecule has 0 radical (unpaired) electrons. The summed E-state index contributed by atoms with van der Waals surface area (Å²) >= 11 is 6.27. The Morgan fingerprint density at radius 3 is 2.62 bits per heavy atom. The second-order valence-electron chi connectivity index (χ2n) is 5.28. The minimum absolute atomic E-state index is 0.358. The van der Waals surface area contributed by atoms with Crippen LogP contribution in [0.1, 0.15) is 30.8 Å². The zero-order chi connectivity index (χ0) is 15.2. The van der Waals surface area contributed by atoms with E-state index in [4.69, 9.17) is 11.6 Å². The van der Waals surface area contributed by atoms with Gasteiger partial charge in [-0.05, 0) is 44.5 Å². The van der Waals surface area contributed by atoms with Crippen molar-refractivity contribution in [2.75, 3.05) is 7.05 Å². The van der Waals surface area contributed by atoms with Crippen molar-refractivity contribution in [1.82, 2.24) is 15.1 Å². The quantitative estimate of drug-likeness (QED) is 0.848. The van der Waals surface area contributed by atoms with Crippen molar-refractivity contribution in [3.05, 3.63) is 52.3 Å². The van der Waals surface area contributed by atoms with E-state index < -0.39 is 0 Å². The van der Waals surface area contributed by atoms with Gasteiger partial charge in [0.05, 0.1) is 5.69 Å². The fourth-order valence-electron chi connectivity index (χ4n) is 2.58. The molecule has 0 saturated heterocycles. The van der Waals surface area contributed by atoms with Crippen molar-refractivity contribution < 1.29 is 0 Å². The van der Waals surface area contributed by atoms with Crippen LogP contribution in [0, 0.1) is 0 Å². The van der Waals surface area contributed by atoms with Crippen LogP contribution in [0.5, 0.6) is 0 Å². The molecule has 1 aromatic carbocycles. The van der Waals surface area contributed by atoms with Gasteiger partial charge in [0.25, 0.3) is 0 Å². The molecule has 0 amide bonds. The second-order valence-corrected chi connectivity index (χ2v) is 5.69. The lowest BCUT2D eigenvalue weighted by Crippen LogP contribution is -2.31. The van der Waals surface area contributed by atoms with Gasteiger partial charge < -0.3 is 5.32 Å². The Labute approximate surface area is 132 Å². The summed E-state index contributed by atoms with van der Waals surface area (Å²) in [5.41, 5.74) is 3.65. The van der Waals surface area contributed by atoms with Crippen LogP contribution in [0.25, 0.3) is 0 Å². The molecule has 0 aliphatic carbocycles. The molecule has 0 aliphatic heterocycles. The molecule has 0 spiro atoms. The molecule has 4 heteroatoms. The molecule has 2 aromatic rings. The number of aryl methyl sites for hydroxylation is 2. The standard InChI is InChI=1S/C17H24ClN3/c1-4-14-11-16(21(5-2)20-14)12-15(19-3)10-13-8-6-7-9-17(13)18/h6-9,11,15,19H,4-5,10,12H2,1-3H3. The predicted molar refractivity (Wildman–Crippen MR) is 89.0 cm³/mol. The Hall–Kier alpha value is -1.32. The minimum atomic E-state index is 0.358. The fourth-order valence-corrected chi connectivity index (χ4v) is 2.80. The molecule has 2 rings (SSSR count). The lowest BCUT2D eigenvalue weighted by molar-refractivity contribution is 0.519. The summed E-state index contributed by atoms with van der Waals surface area (Å²) in [4.78, 5) is 0. The predicted octanol–water partition coefficient (Wildman–Crippen LogP) is 3.49. The molecule has 0 bridgehead atoms. The van der Waals surface area contributed by atoms with Gasteiger partial charge in [-0.3, -0.25) is 4.68 Å². The SMILES string of the molecule is CCc1cc(CC(Cc2ccccc2Cl)NC)n(CC)n1. The zero-order valence-electron chi connectivity index (χ0n) is 13.1. The van der Waals surface area contributed by atoms with Crippen LogP contribution in [0.3, 0.4) is 0 Å². The van der Waals surface area contributed by atoms with Gasteiger partial charge in [-0.1, -0.05) is 36.7 Å². The summed E-state index contributed by atoms with van der Waals surface area (Å²) in [5.74, 6) is 0. The first-order valence-corrected chi connectivity index (χ1v) is 8.02. The maximum absolute atomic E-state index is 6.27. The van der Waals surface area contributed by atoms with Crippen LogP contribution in [0.2, 0.25) is 5.02 Å². The molecule has 1 aromatic heterocycles. The molecular weight excluding hydrogens is 282 g/mol. The van der Waals surface area contributed by atoms with Crippen molar-refractivity contribution in [1.29, 1.82) is 0 Å². The Morgan fingerprint density at radius 2 is 2.00 bits per heavy atom. The number of nitrogens with one attached hydrogen (secondary N) is 1. The van der Waals surface area contributed by atoms with E-state index in [9.17, 15) is 0 Å². The lowest BCUT2D eigenvalue weighted by atomic mass is 10.0. The molecule has 1 heterocycles. The number of benzene rings is 1. The topological polar surface area (TPSA) is 29.9 Å². The largest absolute Gasteiger partial charge is 0.316 e. The Morgan fingerprint density at radius 1 is 1.24 bits per heavy atom. The molecule has 0 aliphatic rings. The van der Waals surface area contributed by atoms with E-state index in [1.165, 1.54) is 17.0 Å². The third kappa shape index (κ3) is 4.08. The normalized spacial score (nSPS) is 12.6.